The molecule has 0 spiro atoms. The molecule has 2 aliphatic rings. The molecule has 1 aliphatic heterocycles. The maximum absolute atomic E-state index is 6.19. The van der Waals surface area contributed by atoms with E-state index in [9.17, 15) is 0 Å². The van der Waals surface area contributed by atoms with Crippen molar-refractivity contribution in [2.75, 3.05) is 6.54 Å². The third-order valence-electron chi connectivity index (χ3n) is 3.79. The first-order valence-corrected chi connectivity index (χ1v) is 5.72. The number of rotatable bonds is 2. The fourth-order valence-corrected chi connectivity index (χ4v) is 2.71. The van der Waals surface area contributed by atoms with Crippen LogP contribution in [0, 0.1) is 5.92 Å². The van der Waals surface area contributed by atoms with Gasteiger partial charge in [-0.2, -0.15) is 0 Å². The molecule has 0 aromatic heterocycles. The Labute approximate surface area is 81.0 Å². The number of ether oxygens (including phenoxy) is 1. The van der Waals surface area contributed by atoms with Crippen molar-refractivity contribution in [3.8, 4) is 0 Å². The predicted molar refractivity (Wildman–Crippen MR) is 53.5 cm³/mol. The lowest BCUT2D eigenvalue weighted by Crippen LogP contribution is -2.56. The molecule has 1 heterocycles. The van der Waals surface area contributed by atoms with Gasteiger partial charge in [-0.25, -0.2) is 0 Å². The summed E-state index contributed by atoms with van der Waals surface area (Å²) >= 11 is 0. The number of fused-ring (bicyclic) bond motifs is 1. The molecule has 2 nitrogen and oxygen atoms in total. The van der Waals surface area contributed by atoms with Crippen molar-refractivity contribution in [2.24, 2.45) is 5.92 Å². The van der Waals surface area contributed by atoms with Gasteiger partial charge < -0.3 is 4.74 Å². The van der Waals surface area contributed by atoms with Crippen molar-refractivity contribution in [2.45, 2.75) is 57.8 Å². The van der Waals surface area contributed by atoms with Crippen molar-refractivity contribution in [3.05, 3.63) is 0 Å². The Kier molecular flexibility index (Phi) is 2.61. The highest BCUT2D eigenvalue weighted by Gasteiger charge is 2.40. The molecule has 2 atom stereocenters. The summed E-state index contributed by atoms with van der Waals surface area (Å²) in [5.41, 5.74) is 0.00546. The van der Waals surface area contributed by atoms with E-state index in [2.05, 4.69) is 19.2 Å². The van der Waals surface area contributed by atoms with Crippen LogP contribution in [0.25, 0.3) is 0 Å². The Morgan fingerprint density at radius 3 is 2.77 bits per heavy atom. The third kappa shape index (κ3) is 1.62. The highest BCUT2D eigenvalue weighted by Crippen LogP contribution is 2.36. The minimum Gasteiger partial charge on any atom is -0.357 e. The highest BCUT2D eigenvalue weighted by molar-refractivity contribution is 4.90. The van der Waals surface area contributed by atoms with Gasteiger partial charge in [0.25, 0.3) is 0 Å². The van der Waals surface area contributed by atoms with Gasteiger partial charge >= 0.3 is 0 Å². The van der Waals surface area contributed by atoms with Crippen LogP contribution in [0.5, 0.6) is 0 Å². The van der Waals surface area contributed by atoms with Gasteiger partial charge in [-0.05, 0) is 31.6 Å². The number of hydrogen-bond donors (Lipinski definition) is 1. The van der Waals surface area contributed by atoms with Crippen LogP contribution in [0.4, 0.5) is 0 Å². The Morgan fingerprint density at radius 2 is 2.08 bits per heavy atom. The molecule has 0 aromatic carbocycles. The maximum Gasteiger partial charge on any atom is 0.119 e. The lowest BCUT2D eigenvalue weighted by molar-refractivity contribution is -0.160. The molecule has 0 amide bonds. The summed E-state index contributed by atoms with van der Waals surface area (Å²) in [6.45, 7) is 5.60. The van der Waals surface area contributed by atoms with E-state index in [1.165, 1.54) is 25.8 Å². The van der Waals surface area contributed by atoms with E-state index in [1.807, 2.05) is 0 Å². The van der Waals surface area contributed by atoms with Crippen molar-refractivity contribution in [3.63, 3.8) is 0 Å². The van der Waals surface area contributed by atoms with Gasteiger partial charge in [0.05, 0.1) is 6.10 Å². The zero-order valence-electron chi connectivity index (χ0n) is 8.81. The first-order chi connectivity index (χ1) is 6.29. The van der Waals surface area contributed by atoms with Crippen LogP contribution in [0.1, 0.15) is 46.0 Å². The van der Waals surface area contributed by atoms with Gasteiger partial charge in [-0.3, -0.25) is 5.32 Å². The van der Waals surface area contributed by atoms with Crippen LogP contribution in [-0.4, -0.2) is 18.4 Å². The van der Waals surface area contributed by atoms with Crippen LogP contribution in [0.15, 0.2) is 0 Å². The topological polar surface area (TPSA) is 21.3 Å². The standard InChI is InChI=1S/C11H21NO/c1-3-11(4-2)12-8-9-6-5-7-10(9)13-11/h9-10,12H,3-8H2,1-2H3. The van der Waals surface area contributed by atoms with Crippen molar-refractivity contribution >= 4 is 0 Å². The Hall–Kier alpha value is -0.0800. The van der Waals surface area contributed by atoms with E-state index in [0.29, 0.717) is 6.10 Å². The minimum absolute atomic E-state index is 0.00546. The first kappa shape index (κ1) is 9.47. The monoisotopic (exact) mass is 183 g/mol. The Morgan fingerprint density at radius 1 is 1.31 bits per heavy atom. The molecule has 2 heteroatoms. The summed E-state index contributed by atoms with van der Waals surface area (Å²) in [6, 6.07) is 0. The first-order valence-electron chi connectivity index (χ1n) is 5.72. The molecule has 2 unspecified atom stereocenters. The molecule has 1 saturated heterocycles. The van der Waals surface area contributed by atoms with E-state index in [4.69, 9.17) is 4.74 Å². The normalized spacial score (nSPS) is 37.4. The van der Waals surface area contributed by atoms with E-state index >= 15 is 0 Å². The van der Waals surface area contributed by atoms with Crippen molar-refractivity contribution in [1.29, 1.82) is 0 Å². The fraction of sp³-hybridized carbons (Fsp3) is 1.00. The van der Waals surface area contributed by atoms with Gasteiger partial charge in [0.15, 0.2) is 0 Å². The third-order valence-corrected chi connectivity index (χ3v) is 3.79. The Balaban J connectivity index is 2.02. The van der Waals surface area contributed by atoms with E-state index in [1.54, 1.807) is 0 Å². The average molecular weight is 183 g/mol. The average Bonchev–Trinajstić information content (AvgIpc) is 2.64. The SMILES string of the molecule is CCC1(CC)NCC2CCCC2O1. The van der Waals surface area contributed by atoms with Gasteiger partial charge in [-0.15, -0.1) is 0 Å². The van der Waals surface area contributed by atoms with E-state index in [-0.39, 0.29) is 5.72 Å². The molecule has 1 N–H and O–H groups in total. The quantitative estimate of drug-likeness (QED) is 0.709. The Bertz CT molecular complexity index is 177. The lowest BCUT2D eigenvalue weighted by atomic mass is 9.98. The van der Waals surface area contributed by atoms with Crippen LogP contribution >= 0.6 is 0 Å². The zero-order valence-corrected chi connectivity index (χ0v) is 8.81. The summed E-state index contributed by atoms with van der Waals surface area (Å²) in [7, 11) is 0. The molecular weight excluding hydrogens is 162 g/mol. The van der Waals surface area contributed by atoms with Crippen LogP contribution in [0.3, 0.4) is 0 Å². The van der Waals surface area contributed by atoms with Gasteiger partial charge in [0, 0.05) is 6.54 Å². The van der Waals surface area contributed by atoms with Crippen molar-refractivity contribution < 1.29 is 4.74 Å². The molecule has 0 aromatic rings. The fourth-order valence-electron chi connectivity index (χ4n) is 2.71. The van der Waals surface area contributed by atoms with E-state index < -0.39 is 0 Å². The molecule has 1 saturated carbocycles. The van der Waals surface area contributed by atoms with Crippen molar-refractivity contribution in [1.82, 2.24) is 5.32 Å². The summed E-state index contributed by atoms with van der Waals surface area (Å²) in [4.78, 5) is 0. The highest BCUT2D eigenvalue weighted by atomic mass is 16.5. The molecule has 0 radical (unpaired) electrons. The summed E-state index contributed by atoms with van der Waals surface area (Å²) < 4.78 is 6.19. The summed E-state index contributed by atoms with van der Waals surface area (Å²) in [5, 5.41) is 3.58. The van der Waals surface area contributed by atoms with Gasteiger partial charge in [0.1, 0.15) is 5.72 Å². The molecule has 13 heavy (non-hydrogen) atoms. The smallest absolute Gasteiger partial charge is 0.119 e. The molecule has 2 fully saturated rings. The lowest BCUT2D eigenvalue weighted by Gasteiger charge is -2.43. The molecule has 1 aliphatic carbocycles. The molecule has 0 bridgehead atoms. The second-order valence-electron chi connectivity index (χ2n) is 4.43. The van der Waals surface area contributed by atoms with Crippen LogP contribution in [-0.2, 0) is 4.74 Å². The second-order valence-corrected chi connectivity index (χ2v) is 4.43. The van der Waals surface area contributed by atoms with Crippen LogP contribution in [0.2, 0.25) is 0 Å². The van der Waals surface area contributed by atoms with Gasteiger partial charge in [0.2, 0.25) is 0 Å². The minimum atomic E-state index is 0.00546. The summed E-state index contributed by atoms with van der Waals surface area (Å²) in [5.74, 6) is 0.797. The largest absolute Gasteiger partial charge is 0.357 e. The molecular formula is C11H21NO. The molecule has 76 valence electrons. The second kappa shape index (κ2) is 3.58. The predicted octanol–water partition coefficient (Wildman–Crippen LogP) is 2.29. The number of nitrogens with one attached hydrogen (secondary N) is 1. The van der Waals surface area contributed by atoms with E-state index in [0.717, 1.165) is 18.8 Å². The number of hydrogen-bond acceptors (Lipinski definition) is 2. The van der Waals surface area contributed by atoms with Crippen LogP contribution < -0.4 is 5.32 Å². The molecule has 2 rings (SSSR count). The maximum atomic E-state index is 6.19. The zero-order chi connectivity index (χ0) is 9.31. The summed E-state index contributed by atoms with van der Waals surface area (Å²) in [6.07, 6.45) is 6.75. The van der Waals surface area contributed by atoms with Gasteiger partial charge in [-0.1, -0.05) is 20.3 Å².